The maximum absolute atomic E-state index is 11.4. The van der Waals surface area contributed by atoms with E-state index in [-0.39, 0.29) is 17.1 Å². The van der Waals surface area contributed by atoms with E-state index in [1.165, 1.54) is 19.4 Å². The molecule has 8 heteroatoms. The molecule has 0 amide bonds. The lowest BCUT2D eigenvalue weighted by atomic mass is 10.2. The predicted octanol–water partition coefficient (Wildman–Crippen LogP) is 1.67. The van der Waals surface area contributed by atoms with E-state index in [1.807, 2.05) is 0 Å². The fourth-order valence-corrected chi connectivity index (χ4v) is 2.72. The Morgan fingerprint density at radius 3 is 3.05 bits per heavy atom. The summed E-state index contributed by atoms with van der Waals surface area (Å²) in [4.78, 5) is 28.4. The lowest BCUT2D eigenvalue weighted by molar-refractivity contribution is -0.384. The van der Waals surface area contributed by atoms with Gasteiger partial charge in [0.1, 0.15) is 0 Å². The largest absolute Gasteiger partial charge is 0.465 e. The first-order valence-electron chi connectivity index (χ1n) is 7.27. The summed E-state index contributed by atoms with van der Waals surface area (Å²) in [6.07, 6.45) is 3.49. The van der Waals surface area contributed by atoms with Crippen LogP contribution in [0.1, 0.15) is 30.1 Å². The summed E-state index contributed by atoms with van der Waals surface area (Å²) in [5.74, 6) is -0.462. The SMILES string of the molecule is CCN1CCCC1CNc1ncc(C(=O)OC)cc1[N+](=O)[O-]. The van der Waals surface area contributed by atoms with Crippen molar-refractivity contribution in [2.75, 3.05) is 32.1 Å². The number of aromatic nitrogens is 1. The smallest absolute Gasteiger partial charge is 0.339 e. The number of hydrogen-bond acceptors (Lipinski definition) is 7. The van der Waals surface area contributed by atoms with E-state index in [1.54, 1.807) is 0 Å². The van der Waals surface area contributed by atoms with Crippen molar-refractivity contribution in [2.24, 2.45) is 0 Å². The average molecular weight is 308 g/mol. The Labute approximate surface area is 128 Å². The molecule has 1 saturated heterocycles. The van der Waals surface area contributed by atoms with Crippen molar-refractivity contribution in [2.45, 2.75) is 25.8 Å². The van der Waals surface area contributed by atoms with E-state index in [4.69, 9.17) is 0 Å². The minimum absolute atomic E-state index is 0.0656. The van der Waals surface area contributed by atoms with Crippen molar-refractivity contribution >= 4 is 17.5 Å². The number of nitro groups is 1. The Hall–Kier alpha value is -2.22. The molecule has 1 fully saturated rings. The molecule has 1 N–H and O–H groups in total. The molecular formula is C14H20N4O4. The van der Waals surface area contributed by atoms with Gasteiger partial charge in [-0.1, -0.05) is 6.92 Å². The minimum atomic E-state index is -0.643. The zero-order valence-electron chi connectivity index (χ0n) is 12.7. The Balaban J connectivity index is 2.13. The molecule has 1 aromatic heterocycles. The van der Waals surface area contributed by atoms with Crippen molar-refractivity contribution in [3.63, 3.8) is 0 Å². The third-order valence-electron chi connectivity index (χ3n) is 3.90. The molecule has 0 saturated carbocycles. The lowest BCUT2D eigenvalue weighted by Crippen LogP contribution is -2.34. The summed E-state index contributed by atoms with van der Waals surface area (Å²) in [6.45, 7) is 4.71. The number of anilines is 1. The number of likely N-dealkylation sites (tertiary alicyclic amines) is 1. The first kappa shape index (κ1) is 16.2. The van der Waals surface area contributed by atoms with Crippen molar-refractivity contribution in [1.29, 1.82) is 0 Å². The third kappa shape index (κ3) is 3.51. The molecule has 0 radical (unpaired) electrons. The Morgan fingerprint density at radius 1 is 1.64 bits per heavy atom. The van der Waals surface area contributed by atoms with E-state index in [0.717, 1.165) is 25.9 Å². The maximum atomic E-state index is 11.4. The summed E-state index contributed by atoms with van der Waals surface area (Å²) in [5.41, 5.74) is -0.153. The van der Waals surface area contributed by atoms with Crippen LogP contribution in [0.15, 0.2) is 12.3 Å². The summed E-state index contributed by atoms with van der Waals surface area (Å²) in [7, 11) is 1.22. The molecule has 1 unspecified atom stereocenters. The second-order valence-corrected chi connectivity index (χ2v) is 5.15. The highest BCUT2D eigenvalue weighted by Crippen LogP contribution is 2.24. The first-order valence-corrected chi connectivity index (χ1v) is 7.27. The molecule has 1 aliphatic rings. The van der Waals surface area contributed by atoms with Gasteiger partial charge in [0.15, 0.2) is 0 Å². The molecule has 0 aromatic carbocycles. The molecule has 0 spiro atoms. The van der Waals surface area contributed by atoms with Crippen molar-refractivity contribution in [3.05, 3.63) is 27.9 Å². The first-order chi connectivity index (χ1) is 10.6. The minimum Gasteiger partial charge on any atom is -0.465 e. The van der Waals surface area contributed by atoms with Gasteiger partial charge in [-0.15, -0.1) is 0 Å². The van der Waals surface area contributed by atoms with Crippen LogP contribution in [0.25, 0.3) is 0 Å². The van der Waals surface area contributed by atoms with Crippen LogP contribution in [0.5, 0.6) is 0 Å². The third-order valence-corrected chi connectivity index (χ3v) is 3.90. The van der Waals surface area contributed by atoms with Gasteiger partial charge in [0.05, 0.1) is 17.6 Å². The molecule has 0 aliphatic carbocycles. The number of nitrogens with zero attached hydrogens (tertiary/aromatic N) is 3. The van der Waals surface area contributed by atoms with Gasteiger partial charge in [0.2, 0.25) is 5.82 Å². The van der Waals surface area contributed by atoms with Crippen LogP contribution in [0.3, 0.4) is 0 Å². The van der Waals surface area contributed by atoms with Crippen LogP contribution >= 0.6 is 0 Å². The lowest BCUT2D eigenvalue weighted by Gasteiger charge is -2.23. The van der Waals surface area contributed by atoms with E-state index in [9.17, 15) is 14.9 Å². The number of likely N-dealkylation sites (N-methyl/N-ethyl adjacent to an activating group) is 1. The summed E-state index contributed by atoms with van der Waals surface area (Å²) < 4.78 is 4.55. The number of carbonyl (C=O) groups is 1. The molecule has 2 heterocycles. The van der Waals surface area contributed by atoms with Crippen LogP contribution in [0.4, 0.5) is 11.5 Å². The van der Waals surface area contributed by atoms with Crippen LogP contribution < -0.4 is 5.32 Å². The monoisotopic (exact) mass is 308 g/mol. The van der Waals surface area contributed by atoms with Gasteiger partial charge >= 0.3 is 11.7 Å². The number of pyridine rings is 1. The Morgan fingerprint density at radius 2 is 2.41 bits per heavy atom. The predicted molar refractivity (Wildman–Crippen MR) is 81.0 cm³/mol. The van der Waals surface area contributed by atoms with Crippen LogP contribution in [0.2, 0.25) is 0 Å². The summed E-state index contributed by atoms with van der Waals surface area (Å²) in [6, 6.07) is 1.54. The standard InChI is InChI=1S/C14H20N4O4/c1-3-17-6-4-5-11(17)9-16-13-12(18(20)21)7-10(8-15-13)14(19)22-2/h7-8,11H,3-6,9H2,1-2H3,(H,15,16). The molecule has 1 aliphatic heterocycles. The number of ether oxygens (including phenoxy) is 1. The second kappa shape index (κ2) is 7.17. The van der Waals surface area contributed by atoms with E-state index < -0.39 is 10.9 Å². The number of methoxy groups -OCH3 is 1. The summed E-state index contributed by atoms with van der Waals surface area (Å²) >= 11 is 0. The van der Waals surface area contributed by atoms with Gasteiger partial charge in [-0.2, -0.15) is 0 Å². The van der Waals surface area contributed by atoms with Crippen LogP contribution in [-0.2, 0) is 4.74 Å². The highest BCUT2D eigenvalue weighted by atomic mass is 16.6. The van der Waals surface area contributed by atoms with Crippen LogP contribution in [-0.4, -0.2) is 53.6 Å². The fraction of sp³-hybridized carbons (Fsp3) is 0.571. The molecule has 1 aromatic rings. The van der Waals surface area contributed by atoms with Crippen LogP contribution in [0, 0.1) is 10.1 Å². The molecule has 2 rings (SSSR count). The number of nitrogens with one attached hydrogen (secondary N) is 1. The topological polar surface area (TPSA) is 97.6 Å². The summed E-state index contributed by atoms with van der Waals surface area (Å²) in [5, 5.41) is 14.2. The zero-order valence-corrected chi connectivity index (χ0v) is 12.7. The normalized spacial score (nSPS) is 18.2. The second-order valence-electron chi connectivity index (χ2n) is 5.15. The van der Waals surface area contributed by atoms with Gasteiger partial charge in [0, 0.05) is 24.8 Å². The highest BCUT2D eigenvalue weighted by Gasteiger charge is 2.25. The molecular weight excluding hydrogens is 288 g/mol. The van der Waals surface area contributed by atoms with Gasteiger partial charge in [-0.25, -0.2) is 9.78 Å². The Bertz CT molecular complexity index is 564. The highest BCUT2D eigenvalue weighted by molar-refractivity contribution is 5.90. The van der Waals surface area contributed by atoms with Gasteiger partial charge in [-0.05, 0) is 25.9 Å². The van der Waals surface area contributed by atoms with Gasteiger partial charge in [0.25, 0.3) is 0 Å². The molecule has 22 heavy (non-hydrogen) atoms. The molecule has 8 nitrogen and oxygen atoms in total. The van der Waals surface area contributed by atoms with E-state index in [2.05, 4.69) is 26.9 Å². The molecule has 0 bridgehead atoms. The maximum Gasteiger partial charge on any atom is 0.339 e. The molecule has 1 atom stereocenters. The number of carbonyl (C=O) groups excluding carboxylic acids is 1. The van der Waals surface area contributed by atoms with E-state index >= 15 is 0 Å². The quantitative estimate of drug-likeness (QED) is 0.485. The molecule has 120 valence electrons. The van der Waals surface area contributed by atoms with Crippen molar-refractivity contribution in [1.82, 2.24) is 9.88 Å². The van der Waals surface area contributed by atoms with Crippen molar-refractivity contribution < 1.29 is 14.5 Å². The van der Waals surface area contributed by atoms with E-state index in [0.29, 0.717) is 12.6 Å². The number of esters is 1. The zero-order chi connectivity index (χ0) is 16.1. The van der Waals surface area contributed by atoms with Gasteiger partial charge in [-0.3, -0.25) is 15.0 Å². The number of hydrogen-bond donors (Lipinski definition) is 1. The van der Waals surface area contributed by atoms with Gasteiger partial charge < -0.3 is 10.1 Å². The number of rotatable bonds is 6. The fourth-order valence-electron chi connectivity index (χ4n) is 2.72. The average Bonchev–Trinajstić information content (AvgIpc) is 2.99. The Kier molecular flexibility index (Phi) is 5.26. The van der Waals surface area contributed by atoms with Crippen molar-refractivity contribution in [3.8, 4) is 0 Å².